The summed E-state index contributed by atoms with van der Waals surface area (Å²) in [4.78, 5) is 29.1. The molecular formula is C26H25NO4S. The van der Waals surface area contributed by atoms with E-state index < -0.39 is 5.92 Å². The number of ether oxygens (including phenoxy) is 2. The minimum atomic E-state index is -0.794. The highest BCUT2D eigenvalue weighted by atomic mass is 32.2. The van der Waals surface area contributed by atoms with Crippen LogP contribution in [-0.2, 0) is 9.59 Å². The molecule has 3 aromatic carbocycles. The molecule has 0 fully saturated rings. The Labute approximate surface area is 192 Å². The van der Waals surface area contributed by atoms with E-state index in [0.29, 0.717) is 13.2 Å². The van der Waals surface area contributed by atoms with Crippen LogP contribution >= 0.6 is 11.8 Å². The molecule has 164 valence electrons. The van der Waals surface area contributed by atoms with Crippen LogP contribution in [0.1, 0.15) is 17.7 Å². The molecule has 0 radical (unpaired) electrons. The van der Waals surface area contributed by atoms with Gasteiger partial charge in [-0.1, -0.05) is 42.5 Å². The lowest BCUT2D eigenvalue weighted by Gasteiger charge is -2.26. The van der Waals surface area contributed by atoms with Crippen molar-refractivity contribution in [3.8, 4) is 11.5 Å². The summed E-state index contributed by atoms with van der Waals surface area (Å²) in [7, 11) is 1.61. The van der Waals surface area contributed by atoms with Gasteiger partial charge in [-0.2, -0.15) is 0 Å². The van der Waals surface area contributed by atoms with E-state index in [1.54, 1.807) is 23.8 Å². The first-order valence-electron chi connectivity index (χ1n) is 10.5. The fraction of sp³-hybridized carbons (Fsp3) is 0.231. The van der Waals surface area contributed by atoms with E-state index in [9.17, 15) is 9.59 Å². The van der Waals surface area contributed by atoms with Crippen molar-refractivity contribution in [2.45, 2.75) is 17.1 Å². The van der Waals surface area contributed by atoms with Gasteiger partial charge in [0.2, 0.25) is 5.91 Å². The third-order valence-electron chi connectivity index (χ3n) is 5.45. The summed E-state index contributed by atoms with van der Waals surface area (Å²) in [6, 6.07) is 24.9. The topological polar surface area (TPSA) is 55.8 Å². The molecule has 2 atom stereocenters. The maximum Gasteiger partial charge on any atom is 0.239 e. The second-order valence-corrected chi connectivity index (χ2v) is 8.70. The van der Waals surface area contributed by atoms with Gasteiger partial charge < -0.3 is 14.4 Å². The summed E-state index contributed by atoms with van der Waals surface area (Å²) in [6.45, 7) is 2.17. The zero-order valence-electron chi connectivity index (χ0n) is 18.1. The number of anilines is 1. The molecule has 5 nitrogen and oxygen atoms in total. The number of fused-ring (bicyclic) bond motifs is 1. The van der Waals surface area contributed by atoms with Gasteiger partial charge in [0.05, 0.1) is 24.6 Å². The Morgan fingerprint density at radius 3 is 2.31 bits per heavy atom. The lowest BCUT2D eigenvalue weighted by atomic mass is 9.93. The highest BCUT2D eigenvalue weighted by molar-refractivity contribution is 7.99. The molecule has 6 heteroatoms. The lowest BCUT2D eigenvalue weighted by molar-refractivity contribution is -0.131. The number of nitrogens with zero attached hydrogens (tertiary/aromatic N) is 1. The monoisotopic (exact) mass is 447 g/mol. The van der Waals surface area contributed by atoms with Gasteiger partial charge in [-0.25, -0.2) is 0 Å². The molecule has 1 aliphatic rings. The Hall–Kier alpha value is -3.25. The van der Waals surface area contributed by atoms with Crippen molar-refractivity contribution in [2.75, 3.05) is 25.2 Å². The van der Waals surface area contributed by atoms with E-state index in [-0.39, 0.29) is 16.9 Å². The Balaban J connectivity index is 1.66. The van der Waals surface area contributed by atoms with Gasteiger partial charge in [-0.15, -0.1) is 11.8 Å². The smallest absolute Gasteiger partial charge is 0.239 e. The van der Waals surface area contributed by atoms with Crippen LogP contribution in [0.15, 0.2) is 83.8 Å². The largest absolute Gasteiger partial charge is 0.497 e. The van der Waals surface area contributed by atoms with Gasteiger partial charge in [0, 0.05) is 4.90 Å². The van der Waals surface area contributed by atoms with Crippen LogP contribution < -0.4 is 14.4 Å². The fourth-order valence-corrected chi connectivity index (χ4v) is 5.31. The Morgan fingerprint density at radius 1 is 0.938 bits per heavy atom. The number of carbonyl (C=O) groups is 2. The molecule has 32 heavy (non-hydrogen) atoms. The van der Waals surface area contributed by atoms with Crippen LogP contribution in [0.5, 0.6) is 11.5 Å². The maximum atomic E-state index is 13.7. The second kappa shape index (κ2) is 9.92. The number of Topliss-reactive ketones (excluding diaryl/α,β-unsaturated/α-hetero) is 1. The van der Waals surface area contributed by atoms with Gasteiger partial charge in [-0.3, -0.25) is 9.59 Å². The van der Waals surface area contributed by atoms with Crippen molar-refractivity contribution in [2.24, 2.45) is 5.92 Å². The standard InChI is InChI=1S/C26H25NO4S/c1-18(28)24-25(19-12-14-20(30-2)15-13-19)32-23-11-7-6-10-22(23)27(26(24)29)16-17-31-21-8-4-3-5-9-21/h3-15,24-25H,16-17H2,1-2H3/t24-,25-/m1/s1. The number of para-hydroxylation sites is 2. The SMILES string of the molecule is COc1ccc([C@H]2Sc3ccccc3N(CCOc3ccccc3)C(=O)[C@@H]2C(C)=O)cc1. The Bertz CT molecular complexity index is 1080. The van der Waals surface area contributed by atoms with E-state index in [1.807, 2.05) is 78.9 Å². The van der Waals surface area contributed by atoms with E-state index in [1.165, 1.54) is 6.92 Å². The number of ketones is 1. The zero-order valence-corrected chi connectivity index (χ0v) is 18.9. The first kappa shape index (κ1) is 22.0. The quantitative estimate of drug-likeness (QED) is 0.468. The second-order valence-electron chi connectivity index (χ2n) is 7.52. The Morgan fingerprint density at radius 2 is 1.62 bits per heavy atom. The zero-order chi connectivity index (χ0) is 22.5. The molecule has 1 amide bonds. The van der Waals surface area contributed by atoms with Gasteiger partial charge in [0.1, 0.15) is 29.8 Å². The summed E-state index contributed by atoms with van der Waals surface area (Å²) in [5.41, 5.74) is 1.72. The third kappa shape index (κ3) is 4.65. The number of carbonyl (C=O) groups excluding carboxylic acids is 2. The summed E-state index contributed by atoms with van der Waals surface area (Å²) in [5, 5.41) is -0.327. The predicted molar refractivity (Wildman–Crippen MR) is 126 cm³/mol. The summed E-state index contributed by atoms with van der Waals surface area (Å²) in [6.07, 6.45) is 0. The molecule has 4 rings (SSSR count). The molecule has 0 aromatic heterocycles. The molecule has 0 saturated heterocycles. The summed E-state index contributed by atoms with van der Waals surface area (Å²) in [5.74, 6) is 0.338. The number of methoxy groups -OCH3 is 1. The first-order valence-corrected chi connectivity index (χ1v) is 11.4. The van der Waals surface area contributed by atoms with E-state index in [2.05, 4.69) is 0 Å². The minimum Gasteiger partial charge on any atom is -0.497 e. The normalized spacial score (nSPS) is 17.9. The van der Waals surface area contributed by atoms with Crippen LogP contribution in [0.4, 0.5) is 5.69 Å². The predicted octanol–water partition coefficient (Wildman–Crippen LogP) is 5.16. The van der Waals surface area contributed by atoms with Crippen molar-refractivity contribution >= 4 is 29.1 Å². The number of hydrogen-bond acceptors (Lipinski definition) is 5. The van der Waals surface area contributed by atoms with Crippen LogP contribution in [0, 0.1) is 5.92 Å². The van der Waals surface area contributed by atoms with Crippen molar-refractivity contribution in [1.29, 1.82) is 0 Å². The number of thioether (sulfide) groups is 1. The van der Waals surface area contributed by atoms with Gasteiger partial charge in [-0.05, 0) is 48.9 Å². The third-order valence-corrected chi connectivity index (χ3v) is 6.85. The maximum absolute atomic E-state index is 13.7. The van der Waals surface area contributed by atoms with Crippen LogP contribution in [-0.4, -0.2) is 32.0 Å². The molecule has 0 bridgehead atoms. The number of hydrogen-bond donors (Lipinski definition) is 0. The summed E-state index contributed by atoms with van der Waals surface area (Å²) >= 11 is 1.55. The van der Waals surface area contributed by atoms with Gasteiger partial charge in [0.25, 0.3) is 0 Å². The Kier molecular flexibility index (Phi) is 6.81. The van der Waals surface area contributed by atoms with E-state index in [0.717, 1.165) is 27.6 Å². The van der Waals surface area contributed by atoms with Crippen molar-refractivity contribution in [3.63, 3.8) is 0 Å². The van der Waals surface area contributed by atoms with Crippen LogP contribution in [0.2, 0.25) is 0 Å². The summed E-state index contributed by atoms with van der Waals surface area (Å²) < 4.78 is 11.1. The molecule has 0 aliphatic carbocycles. The number of amides is 1. The highest BCUT2D eigenvalue weighted by Gasteiger charge is 2.41. The molecular weight excluding hydrogens is 422 g/mol. The average Bonchev–Trinajstić information content (AvgIpc) is 2.94. The number of rotatable bonds is 7. The van der Waals surface area contributed by atoms with Crippen molar-refractivity contribution < 1.29 is 19.1 Å². The highest BCUT2D eigenvalue weighted by Crippen LogP contribution is 2.48. The number of benzene rings is 3. The van der Waals surface area contributed by atoms with E-state index in [4.69, 9.17) is 9.47 Å². The van der Waals surface area contributed by atoms with Crippen molar-refractivity contribution in [3.05, 3.63) is 84.4 Å². The molecule has 0 saturated carbocycles. The molecule has 0 spiro atoms. The van der Waals surface area contributed by atoms with E-state index >= 15 is 0 Å². The first-order chi connectivity index (χ1) is 15.6. The van der Waals surface area contributed by atoms with Gasteiger partial charge in [0.15, 0.2) is 0 Å². The van der Waals surface area contributed by atoms with Gasteiger partial charge >= 0.3 is 0 Å². The molecule has 0 unspecified atom stereocenters. The fourth-order valence-electron chi connectivity index (χ4n) is 3.84. The average molecular weight is 448 g/mol. The lowest BCUT2D eigenvalue weighted by Crippen LogP contribution is -2.42. The van der Waals surface area contributed by atoms with Crippen molar-refractivity contribution in [1.82, 2.24) is 0 Å². The molecule has 1 heterocycles. The molecule has 0 N–H and O–H groups in total. The van der Waals surface area contributed by atoms with Crippen LogP contribution in [0.3, 0.4) is 0 Å². The molecule has 1 aliphatic heterocycles. The van der Waals surface area contributed by atoms with Crippen LogP contribution in [0.25, 0.3) is 0 Å². The minimum absolute atomic E-state index is 0.148. The molecule has 3 aromatic rings.